The third-order valence-corrected chi connectivity index (χ3v) is 3.08. The molecule has 0 unspecified atom stereocenters. The van der Waals surface area contributed by atoms with Gasteiger partial charge in [-0.3, -0.25) is 0 Å². The molecule has 2 aromatic rings. The van der Waals surface area contributed by atoms with Crippen molar-refractivity contribution < 1.29 is 23.7 Å². The van der Waals surface area contributed by atoms with Crippen molar-refractivity contribution in [1.82, 2.24) is 0 Å². The number of methoxy groups -OCH3 is 2. The minimum Gasteiger partial charge on any atom is -0.497 e. The van der Waals surface area contributed by atoms with Gasteiger partial charge in [-0.1, -0.05) is 12.1 Å². The molecule has 2 rings (SSSR count). The van der Waals surface area contributed by atoms with Gasteiger partial charge in [0.15, 0.2) is 11.6 Å². The van der Waals surface area contributed by atoms with Gasteiger partial charge < -0.3 is 19.3 Å². The Hall–Kier alpha value is -2.27. The molecule has 0 heterocycles. The molecule has 0 saturated carbocycles. The highest BCUT2D eigenvalue weighted by Crippen LogP contribution is 2.26. The monoisotopic (exact) mass is 292 g/mol. The lowest BCUT2D eigenvalue weighted by Crippen LogP contribution is -2.02. The van der Waals surface area contributed by atoms with Crippen LogP contribution in [0.5, 0.6) is 17.2 Å². The average molecular weight is 292 g/mol. The molecule has 0 aliphatic heterocycles. The summed E-state index contributed by atoms with van der Waals surface area (Å²) in [6.07, 6.45) is 0. The van der Waals surface area contributed by atoms with Crippen molar-refractivity contribution in [1.29, 1.82) is 0 Å². The third kappa shape index (κ3) is 3.44. The zero-order valence-corrected chi connectivity index (χ0v) is 11.9. The van der Waals surface area contributed by atoms with Crippen molar-refractivity contribution >= 4 is 0 Å². The first kappa shape index (κ1) is 15.1. The Labute approximate surface area is 122 Å². The summed E-state index contributed by atoms with van der Waals surface area (Å²) in [5.74, 6) is 0.840. The molecule has 0 bridgehead atoms. The van der Waals surface area contributed by atoms with Gasteiger partial charge >= 0.3 is 0 Å². The van der Waals surface area contributed by atoms with E-state index in [4.69, 9.17) is 14.2 Å². The van der Waals surface area contributed by atoms with Crippen molar-refractivity contribution in [2.24, 2.45) is 0 Å². The fraction of sp³-hybridized carbons (Fsp3) is 0.250. The quantitative estimate of drug-likeness (QED) is 0.889. The Morgan fingerprint density at radius 1 is 1.00 bits per heavy atom. The molecule has 0 radical (unpaired) electrons. The van der Waals surface area contributed by atoms with E-state index in [1.54, 1.807) is 43.5 Å². The standard InChI is InChI=1S/C16H17FO4/c1-19-13-6-7-14(12(8-13)9-18)21-10-11-4-3-5-15(20-2)16(11)17/h3-8,18H,9-10H2,1-2H3. The molecule has 0 aliphatic carbocycles. The van der Waals surface area contributed by atoms with E-state index >= 15 is 0 Å². The van der Waals surface area contributed by atoms with Crippen molar-refractivity contribution in [2.45, 2.75) is 13.2 Å². The van der Waals surface area contributed by atoms with Gasteiger partial charge in [-0.25, -0.2) is 4.39 Å². The molecule has 21 heavy (non-hydrogen) atoms. The van der Waals surface area contributed by atoms with Crippen LogP contribution in [0.3, 0.4) is 0 Å². The van der Waals surface area contributed by atoms with E-state index in [9.17, 15) is 9.50 Å². The predicted octanol–water partition coefficient (Wildman–Crippen LogP) is 2.91. The molecule has 0 atom stereocenters. The van der Waals surface area contributed by atoms with Crippen molar-refractivity contribution in [3.05, 3.63) is 53.3 Å². The number of ether oxygens (including phenoxy) is 3. The van der Waals surface area contributed by atoms with Gasteiger partial charge in [0, 0.05) is 11.1 Å². The van der Waals surface area contributed by atoms with Crippen LogP contribution in [0.1, 0.15) is 11.1 Å². The van der Waals surface area contributed by atoms with Gasteiger partial charge in [0.2, 0.25) is 0 Å². The summed E-state index contributed by atoms with van der Waals surface area (Å²) in [7, 11) is 2.96. The number of benzene rings is 2. The molecule has 2 aromatic carbocycles. The van der Waals surface area contributed by atoms with E-state index in [0.717, 1.165) is 0 Å². The van der Waals surface area contributed by atoms with Gasteiger partial charge in [0.25, 0.3) is 0 Å². The smallest absolute Gasteiger partial charge is 0.171 e. The first-order valence-electron chi connectivity index (χ1n) is 6.41. The Morgan fingerprint density at radius 3 is 2.48 bits per heavy atom. The summed E-state index contributed by atoms with van der Waals surface area (Å²) in [5.41, 5.74) is 0.965. The van der Waals surface area contributed by atoms with E-state index in [1.807, 2.05) is 0 Å². The van der Waals surface area contributed by atoms with Crippen LogP contribution >= 0.6 is 0 Å². The topological polar surface area (TPSA) is 47.9 Å². The minimum atomic E-state index is -0.445. The van der Waals surface area contributed by atoms with Crippen LogP contribution in [0, 0.1) is 5.82 Å². The normalized spacial score (nSPS) is 10.3. The Kier molecular flexibility index (Phi) is 5.00. The number of aliphatic hydroxyl groups is 1. The summed E-state index contributed by atoms with van der Waals surface area (Å²) < 4.78 is 29.6. The lowest BCUT2D eigenvalue weighted by atomic mass is 10.2. The van der Waals surface area contributed by atoms with Crippen LogP contribution in [-0.2, 0) is 13.2 Å². The molecule has 0 aromatic heterocycles. The van der Waals surface area contributed by atoms with Crippen LogP contribution in [0.25, 0.3) is 0 Å². The largest absolute Gasteiger partial charge is 0.497 e. The summed E-state index contributed by atoms with van der Waals surface area (Å²) in [6, 6.07) is 9.95. The van der Waals surface area contributed by atoms with E-state index in [1.165, 1.54) is 7.11 Å². The summed E-state index contributed by atoms with van der Waals surface area (Å²) in [4.78, 5) is 0. The molecular formula is C16H17FO4. The molecule has 0 fully saturated rings. The van der Waals surface area contributed by atoms with Crippen LogP contribution in [0.2, 0.25) is 0 Å². The highest BCUT2D eigenvalue weighted by molar-refractivity contribution is 5.40. The molecule has 0 saturated heterocycles. The Morgan fingerprint density at radius 2 is 1.81 bits per heavy atom. The maximum Gasteiger partial charge on any atom is 0.171 e. The lowest BCUT2D eigenvalue weighted by Gasteiger charge is -2.13. The first-order chi connectivity index (χ1) is 10.2. The van der Waals surface area contributed by atoms with Crippen LogP contribution in [-0.4, -0.2) is 19.3 Å². The number of hydrogen-bond acceptors (Lipinski definition) is 4. The Balaban J connectivity index is 2.16. The number of halogens is 1. The molecule has 5 heteroatoms. The summed E-state index contributed by atoms with van der Waals surface area (Å²) in [5, 5.41) is 9.34. The number of aliphatic hydroxyl groups excluding tert-OH is 1. The predicted molar refractivity (Wildman–Crippen MR) is 76.2 cm³/mol. The van der Waals surface area contributed by atoms with E-state index in [-0.39, 0.29) is 19.0 Å². The van der Waals surface area contributed by atoms with Crippen molar-refractivity contribution in [3.63, 3.8) is 0 Å². The van der Waals surface area contributed by atoms with Gasteiger partial charge in [-0.05, 0) is 24.3 Å². The number of rotatable bonds is 6. The SMILES string of the molecule is COc1ccc(OCc2cccc(OC)c2F)c(CO)c1. The second-order valence-electron chi connectivity index (χ2n) is 4.35. The molecule has 0 amide bonds. The second-order valence-corrected chi connectivity index (χ2v) is 4.35. The van der Waals surface area contributed by atoms with Crippen LogP contribution in [0.4, 0.5) is 4.39 Å². The fourth-order valence-electron chi connectivity index (χ4n) is 1.93. The minimum absolute atomic E-state index is 0.0440. The Bertz CT molecular complexity index is 613. The average Bonchev–Trinajstić information content (AvgIpc) is 2.53. The zero-order valence-electron chi connectivity index (χ0n) is 11.9. The van der Waals surface area contributed by atoms with E-state index in [2.05, 4.69) is 0 Å². The zero-order chi connectivity index (χ0) is 15.2. The lowest BCUT2D eigenvalue weighted by molar-refractivity contribution is 0.255. The third-order valence-electron chi connectivity index (χ3n) is 3.08. The second kappa shape index (κ2) is 6.95. The summed E-state index contributed by atoms with van der Waals surface area (Å²) in [6.45, 7) is -0.143. The van der Waals surface area contributed by atoms with E-state index in [0.29, 0.717) is 22.6 Å². The maximum atomic E-state index is 14.0. The molecular weight excluding hydrogens is 275 g/mol. The van der Waals surface area contributed by atoms with Crippen molar-refractivity contribution in [2.75, 3.05) is 14.2 Å². The highest BCUT2D eigenvalue weighted by Gasteiger charge is 2.10. The van der Waals surface area contributed by atoms with Gasteiger partial charge in [-0.2, -0.15) is 0 Å². The van der Waals surface area contributed by atoms with Gasteiger partial charge in [0.1, 0.15) is 18.1 Å². The molecule has 4 nitrogen and oxygen atoms in total. The molecule has 0 aliphatic rings. The molecule has 112 valence electrons. The first-order valence-corrected chi connectivity index (χ1v) is 6.41. The molecule has 0 spiro atoms. The van der Waals surface area contributed by atoms with Gasteiger partial charge in [0.05, 0.1) is 20.8 Å². The van der Waals surface area contributed by atoms with E-state index < -0.39 is 5.82 Å². The highest BCUT2D eigenvalue weighted by atomic mass is 19.1. The van der Waals surface area contributed by atoms with Crippen LogP contribution in [0.15, 0.2) is 36.4 Å². The fourth-order valence-corrected chi connectivity index (χ4v) is 1.93. The van der Waals surface area contributed by atoms with Gasteiger partial charge in [-0.15, -0.1) is 0 Å². The number of hydrogen-bond donors (Lipinski definition) is 1. The summed E-state index contributed by atoms with van der Waals surface area (Å²) >= 11 is 0. The van der Waals surface area contributed by atoms with Crippen molar-refractivity contribution in [3.8, 4) is 17.2 Å². The van der Waals surface area contributed by atoms with Crippen LogP contribution < -0.4 is 14.2 Å². The maximum absolute atomic E-state index is 14.0. The molecule has 1 N–H and O–H groups in total.